The van der Waals surface area contributed by atoms with Crippen LogP contribution in [0.25, 0.3) is 11.1 Å². The Kier molecular flexibility index (Phi) is 4.62. The van der Waals surface area contributed by atoms with Gasteiger partial charge < -0.3 is 10.1 Å². The second-order valence-corrected chi connectivity index (χ2v) is 6.63. The Labute approximate surface area is 166 Å². The van der Waals surface area contributed by atoms with Crippen molar-refractivity contribution in [3.63, 3.8) is 0 Å². The Bertz CT molecular complexity index is 1100. The van der Waals surface area contributed by atoms with E-state index in [9.17, 15) is 22.4 Å². The maximum atomic E-state index is 13.6. The number of nitrogens with zero attached hydrogens (tertiary/aromatic N) is 2. The molecular formula is C19H10ClF4N3O2. The third-order valence-corrected chi connectivity index (χ3v) is 4.51. The highest BCUT2D eigenvalue weighted by atomic mass is 35.5. The number of aromatic nitrogens is 2. The van der Waals surface area contributed by atoms with Gasteiger partial charge in [0.05, 0.1) is 23.8 Å². The standard InChI is InChI=1S/C19H10ClF4N3O2/c20-12-4-15-10(5-19(23,24)29-15)3-11(12)9-1-2-16(26-6-9)27-18(28)17-13(21)7-25-8-14(17)22/h1-4,6-8H,5H2,(H,26,27,28). The van der Waals surface area contributed by atoms with E-state index in [1.165, 1.54) is 30.5 Å². The van der Waals surface area contributed by atoms with Gasteiger partial charge in [-0.2, -0.15) is 8.78 Å². The van der Waals surface area contributed by atoms with Gasteiger partial charge >= 0.3 is 6.11 Å². The molecule has 29 heavy (non-hydrogen) atoms. The number of alkyl halides is 2. The molecule has 1 aliphatic heterocycles. The molecule has 3 heterocycles. The van der Waals surface area contributed by atoms with Crippen molar-refractivity contribution in [1.82, 2.24) is 9.97 Å². The number of hydrogen-bond acceptors (Lipinski definition) is 4. The van der Waals surface area contributed by atoms with Crippen LogP contribution < -0.4 is 10.1 Å². The maximum absolute atomic E-state index is 13.6. The number of carbonyl (C=O) groups is 1. The van der Waals surface area contributed by atoms with Crippen LogP contribution in [0.4, 0.5) is 23.4 Å². The summed E-state index contributed by atoms with van der Waals surface area (Å²) in [6.45, 7) is 0. The number of pyridine rings is 2. The molecule has 1 amide bonds. The fraction of sp³-hybridized carbons (Fsp3) is 0.105. The topological polar surface area (TPSA) is 64.1 Å². The molecule has 0 saturated carbocycles. The number of halogens is 5. The number of hydrogen-bond donors (Lipinski definition) is 1. The zero-order valence-electron chi connectivity index (χ0n) is 14.3. The van der Waals surface area contributed by atoms with E-state index in [-0.39, 0.29) is 16.6 Å². The van der Waals surface area contributed by atoms with Crippen molar-refractivity contribution in [2.75, 3.05) is 5.32 Å². The van der Waals surface area contributed by atoms with Gasteiger partial charge in [0.2, 0.25) is 0 Å². The Balaban J connectivity index is 1.57. The summed E-state index contributed by atoms with van der Waals surface area (Å²) in [5.74, 6) is -3.20. The van der Waals surface area contributed by atoms with Crippen LogP contribution in [0.3, 0.4) is 0 Å². The average Bonchev–Trinajstić information content (AvgIpc) is 2.94. The molecule has 5 nitrogen and oxygen atoms in total. The van der Waals surface area contributed by atoms with Crippen LogP contribution in [-0.2, 0) is 6.42 Å². The van der Waals surface area contributed by atoms with Gasteiger partial charge in [-0.25, -0.2) is 13.8 Å². The van der Waals surface area contributed by atoms with E-state index < -0.39 is 35.6 Å². The lowest BCUT2D eigenvalue weighted by molar-refractivity contribution is -0.159. The van der Waals surface area contributed by atoms with E-state index in [0.29, 0.717) is 16.7 Å². The van der Waals surface area contributed by atoms with Crippen LogP contribution in [-0.4, -0.2) is 22.0 Å². The normalized spacial score (nSPS) is 14.2. The highest BCUT2D eigenvalue weighted by Crippen LogP contribution is 2.42. The zero-order chi connectivity index (χ0) is 20.8. The number of amides is 1. The van der Waals surface area contributed by atoms with E-state index >= 15 is 0 Å². The van der Waals surface area contributed by atoms with Crippen LogP contribution in [0, 0.1) is 11.6 Å². The van der Waals surface area contributed by atoms with Gasteiger partial charge in [0, 0.05) is 22.9 Å². The van der Waals surface area contributed by atoms with E-state index in [2.05, 4.69) is 20.0 Å². The van der Waals surface area contributed by atoms with Crippen LogP contribution in [0.5, 0.6) is 5.75 Å². The molecule has 2 aromatic heterocycles. The molecule has 0 spiro atoms. The lowest BCUT2D eigenvalue weighted by Gasteiger charge is -2.09. The maximum Gasteiger partial charge on any atom is 0.402 e. The van der Waals surface area contributed by atoms with E-state index in [4.69, 9.17) is 11.6 Å². The number of fused-ring (bicyclic) bond motifs is 1. The number of anilines is 1. The highest BCUT2D eigenvalue weighted by Gasteiger charge is 2.40. The van der Waals surface area contributed by atoms with Crippen molar-refractivity contribution >= 4 is 23.3 Å². The van der Waals surface area contributed by atoms with E-state index in [0.717, 1.165) is 12.4 Å². The third kappa shape index (κ3) is 3.73. The van der Waals surface area contributed by atoms with Gasteiger partial charge in [-0.15, -0.1) is 0 Å². The fourth-order valence-corrected chi connectivity index (χ4v) is 3.17. The van der Waals surface area contributed by atoms with Gasteiger partial charge in [0.15, 0.2) is 11.6 Å². The molecule has 0 saturated heterocycles. The molecule has 0 unspecified atom stereocenters. The molecule has 0 aliphatic carbocycles. The molecule has 0 bridgehead atoms. The molecule has 148 valence electrons. The Morgan fingerprint density at radius 3 is 2.52 bits per heavy atom. The van der Waals surface area contributed by atoms with Crippen molar-refractivity contribution in [2.24, 2.45) is 0 Å². The van der Waals surface area contributed by atoms with Crippen molar-refractivity contribution in [1.29, 1.82) is 0 Å². The Hall–Kier alpha value is -3.20. The highest BCUT2D eigenvalue weighted by molar-refractivity contribution is 6.33. The third-order valence-electron chi connectivity index (χ3n) is 4.20. The largest absolute Gasteiger partial charge is 0.432 e. The van der Waals surface area contributed by atoms with Crippen molar-refractivity contribution in [3.05, 3.63) is 70.6 Å². The summed E-state index contributed by atoms with van der Waals surface area (Å²) in [7, 11) is 0. The summed E-state index contributed by atoms with van der Waals surface area (Å²) in [5.41, 5.74) is 0.458. The van der Waals surface area contributed by atoms with Gasteiger partial charge in [0.1, 0.15) is 17.1 Å². The molecule has 1 aliphatic rings. The second kappa shape index (κ2) is 7.00. The fourth-order valence-electron chi connectivity index (χ4n) is 2.91. The quantitative estimate of drug-likeness (QED) is 0.611. The first kappa shape index (κ1) is 19.1. The molecule has 0 atom stereocenters. The minimum Gasteiger partial charge on any atom is -0.432 e. The monoisotopic (exact) mass is 423 g/mol. The number of carbonyl (C=O) groups excluding carboxylic acids is 1. The van der Waals surface area contributed by atoms with Crippen LogP contribution >= 0.6 is 11.6 Å². The Morgan fingerprint density at radius 2 is 1.86 bits per heavy atom. The number of rotatable bonds is 3. The molecule has 0 radical (unpaired) electrons. The first-order valence-corrected chi connectivity index (χ1v) is 8.57. The summed E-state index contributed by atoms with van der Waals surface area (Å²) >= 11 is 6.16. The van der Waals surface area contributed by atoms with E-state index in [1.54, 1.807) is 0 Å². The average molecular weight is 424 g/mol. The summed E-state index contributed by atoms with van der Waals surface area (Å²) in [5, 5.41) is 2.46. The zero-order valence-corrected chi connectivity index (χ0v) is 15.1. The second-order valence-electron chi connectivity index (χ2n) is 6.22. The molecule has 3 aromatic rings. The van der Waals surface area contributed by atoms with Crippen molar-refractivity contribution < 1.29 is 27.1 Å². The summed E-state index contributed by atoms with van der Waals surface area (Å²) < 4.78 is 58.6. The number of benzene rings is 1. The van der Waals surface area contributed by atoms with Crippen LogP contribution in [0.15, 0.2) is 42.9 Å². The lowest BCUT2D eigenvalue weighted by atomic mass is 10.0. The summed E-state index contributed by atoms with van der Waals surface area (Å²) in [4.78, 5) is 19.4. The van der Waals surface area contributed by atoms with Crippen molar-refractivity contribution in [3.8, 4) is 16.9 Å². The smallest absolute Gasteiger partial charge is 0.402 e. The van der Waals surface area contributed by atoms with Crippen LogP contribution in [0.1, 0.15) is 15.9 Å². The van der Waals surface area contributed by atoms with Gasteiger partial charge in [-0.05, 0) is 24.3 Å². The molecule has 1 N–H and O–H groups in total. The predicted octanol–water partition coefficient (Wildman–Crippen LogP) is 4.86. The van der Waals surface area contributed by atoms with Crippen molar-refractivity contribution in [2.45, 2.75) is 12.5 Å². The molecule has 4 rings (SSSR count). The lowest BCUT2D eigenvalue weighted by Crippen LogP contribution is -2.20. The summed E-state index contributed by atoms with van der Waals surface area (Å²) in [6, 6.07) is 5.70. The molecular weight excluding hydrogens is 414 g/mol. The Morgan fingerprint density at radius 1 is 1.14 bits per heavy atom. The van der Waals surface area contributed by atoms with Gasteiger partial charge in [-0.1, -0.05) is 11.6 Å². The van der Waals surface area contributed by atoms with Gasteiger partial charge in [0.25, 0.3) is 5.91 Å². The van der Waals surface area contributed by atoms with Gasteiger partial charge in [-0.3, -0.25) is 9.78 Å². The van der Waals surface area contributed by atoms with Crippen LogP contribution in [0.2, 0.25) is 5.02 Å². The van der Waals surface area contributed by atoms with E-state index in [1.807, 2.05) is 0 Å². The first-order valence-electron chi connectivity index (χ1n) is 8.19. The first-order chi connectivity index (χ1) is 13.7. The molecule has 0 fully saturated rings. The minimum absolute atomic E-state index is 0.0157. The minimum atomic E-state index is -3.28. The SMILES string of the molecule is O=C(Nc1ccc(-c2cc3c(cc2Cl)OC(F)(F)C3)cn1)c1c(F)cncc1F. The number of nitrogens with one attached hydrogen (secondary N) is 1. The predicted molar refractivity (Wildman–Crippen MR) is 96.1 cm³/mol. The summed E-state index contributed by atoms with van der Waals surface area (Å²) in [6.07, 6.45) is -1.07. The molecule has 10 heteroatoms. The number of ether oxygens (including phenoxy) is 1. The molecule has 1 aromatic carbocycles.